The van der Waals surface area contributed by atoms with Crippen LogP contribution in [0.2, 0.25) is 0 Å². The molecule has 7 nitrogen and oxygen atoms in total. The first-order valence-electron chi connectivity index (χ1n) is 12.7. The number of nitrogens with zero attached hydrogens (tertiary/aromatic N) is 4. The number of aryl methyl sites for hydroxylation is 2. The zero-order valence-corrected chi connectivity index (χ0v) is 20.4. The predicted molar refractivity (Wildman–Crippen MR) is 143 cm³/mol. The molecule has 1 N–H and O–H groups in total. The summed E-state index contributed by atoms with van der Waals surface area (Å²) in [4.78, 5) is 26.5. The van der Waals surface area contributed by atoms with Gasteiger partial charge in [-0.2, -0.15) is 10.5 Å². The molecule has 5 aromatic rings. The second kappa shape index (κ2) is 9.11. The van der Waals surface area contributed by atoms with Crippen LogP contribution in [0, 0.1) is 22.7 Å². The van der Waals surface area contributed by atoms with Crippen molar-refractivity contribution in [3.63, 3.8) is 0 Å². The lowest BCUT2D eigenvalue weighted by molar-refractivity contribution is 0.0880. The van der Waals surface area contributed by atoms with Gasteiger partial charge in [-0.05, 0) is 37.8 Å². The number of unbranched alkanes of at least 4 members (excludes halogenated alkanes) is 4. The van der Waals surface area contributed by atoms with Gasteiger partial charge in [-0.15, -0.1) is 0 Å². The van der Waals surface area contributed by atoms with E-state index in [1.54, 1.807) is 0 Å². The fraction of sp³-hybridized carbons (Fsp3) is 0.267. The summed E-state index contributed by atoms with van der Waals surface area (Å²) in [7, 11) is 0. The lowest BCUT2D eigenvalue weighted by Gasteiger charge is -2.13. The van der Waals surface area contributed by atoms with Crippen LogP contribution in [-0.4, -0.2) is 20.9 Å². The van der Waals surface area contributed by atoms with E-state index < -0.39 is 0 Å². The maximum Gasteiger partial charge on any atom is 0.259 e. The summed E-state index contributed by atoms with van der Waals surface area (Å²) >= 11 is 0. The average molecular weight is 488 g/mol. The first-order chi connectivity index (χ1) is 18.2. The molecule has 2 aromatic heterocycles. The Kier molecular flexibility index (Phi) is 5.62. The first kappa shape index (κ1) is 22.8. The van der Waals surface area contributed by atoms with Crippen molar-refractivity contribution in [3.05, 3.63) is 59.7 Å². The van der Waals surface area contributed by atoms with Crippen LogP contribution in [0.1, 0.15) is 59.2 Å². The highest BCUT2D eigenvalue weighted by atomic mass is 16.2. The summed E-state index contributed by atoms with van der Waals surface area (Å²) in [5.41, 5.74) is 4.83. The maximum atomic E-state index is 13.3. The minimum Gasteiger partial charge on any atom is -0.339 e. The largest absolute Gasteiger partial charge is 0.339 e. The van der Waals surface area contributed by atoms with Gasteiger partial charge in [0.15, 0.2) is 0 Å². The van der Waals surface area contributed by atoms with Crippen molar-refractivity contribution in [2.24, 2.45) is 0 Å². The molecule has 7 heteroatoms. The summed E-state index contributed by atoms with van der Waals surface area (Å²) in [5.74, 6) is -0.713. The molecule has 0 fully saturated rings. The van der Waals surface area contributed by atoms with Crippen LogP contribution in [0.5, 0.6) is 0 Å². The van der Waals surface area contributed by atoms with Gasteiger partial charge in [-0.1, -0.05) is 36.4 Å². The number of amides is 2. The van der Waals surface area contributed by atoms with Gasteiger partial charge in [0.25, 0.3) is 11.8 Å². The number of carbonyl (C=O) groups excluding carboxylic acids is 2. The number of fused-ring (bicyclic) bond motifs is 10. The molecule has 3 aromatic carbocycles. The Balaban J connectivity index is 1.78. The molecule has 37 heavy (non-hydrogen) atoms. The molecule has 0 saturated heterocycles. The van der Waals surface area contributed by atoms with Crippen LogP contribution in [0.3, 0.4) is 0 Å². The summed E-state index contributed by atoms with van der Waals surface area (Å²) in [5, 5.41) is 24.2. The van der Waals surface area contributed by atoms with E-state index in [2.05, 4.69) is 38.7 Å². The molecule has 0 atom stereocenters. The average Bonchev–Trinajstić information content (AvgIpc) is 3.52. The summed E-state index contributed by atoms with van der Waals surface area (Å²) in [6, 6.07) is 20.5. The summed E-state index contributed by atoms with van der Waals surface area (Å²) in [6.45, 7) is 1.40. The van der Waals surface area contributed by atoms with Crippen molar-refractivity contribution < 1.29 is 9.59 Å². The van der Waals surface area contributed by atoms with E-state index in [1.165, 1.54) is 0 Å². The highest BCUT2D eigenvalue weighted by Gasteiger charge is 2.36. The van der Waals surface area contributed by atoms with Gasteiger partial charge in [0, 0.05) is 58.5 Å². The van der Waals surface area contributed by atoms with Crippen molar-refractivity contribution >= 4 is 55.4 Å². The second-order valence-corrected chi connectivity index (χ2v) is 9.55. The topological polar surface area (TPSA) is 104 Å². The molecule has 6 rings (SSSR count). The van der Waals surface area contributed by atoms with Gasteiger partial charge in [-0.3, -0.25) is 14.9 Å². The molecule has 0 unspecified atom stereocenters. The maximum absolute atomic E-state index is 13.3. The van der Waals surface area contributed by atoms with Crippen molar-refractivity contribution in [2.75, 3.05) is 0 Å². The number of nitriles is 2. The third kappa shape index (κ3) is 3.39. The zero-order valence-electron chi connectivity index (χ0n) is 20.4. The lowest BCUT2D eigenvalue weighted by Crippen LogP contribution is -2.20. The Morgan fingerprint density at radius 1 is 0.649 bits per heavy atom. The minimum absolute atomic E-state index is 0.356. The number of nitrogens with one attached hydrogen (secondary N) is 1. The highest BCUT2D eigenvalue weighted by Crippen LogP contribution is 2.45. The quantitative estimate of drug-likeness (QED) is 0.209. The Labute approximate surface area is 213 Å². The number of carbonyl (C=O) groups is 2. The summed E-state index contributed by atoms with van der Waals surface area (Å²) in [6.07, 6.45) is 4.22. The minimum atomic E-state index is -0.356. The van der Waals surface area contributed by atoms with Crippen LogP contribution in [0.25, 0.3) is 43.6 Å². The van der Waals surface area contributed by atoms with Crippen molar-refractivity contribution in [1.82, 2.24) is 14.5 Å². The Bertz CT molecular complexity index is 1690. The predicted octanol–water partition coefficient (Wildman–Crippen LogP) is 6.17. The normalized spacial score (nSPS) is 12.9. The fourth-order valence-electron chi connectivity index (χ4n) is 5.95. The molecule has 1 aliphatic rings. The molecular formula is C30H25N5O2. The standard InChI is InChI=1S/C30H25N5O2/c31-15-7-1-9-17-34-21-13-5-3-11-19(21)23-25-26(30(37)33-29(25)36)24-20-12-4-6-14-22(20)35(28(24)27(23)34)18-10-2-8-16-32/h3-6,11-14H,1-2,7-10,17-18H2,(H,33,36,37). The van der Waals surface area contributed by atoms with Crippen LogP contribution in [-0.2, 0) is 13.1 Å². The number of hydrogen-bond donors (Lipinski definition) is 1. The molecule has 0 aliphatic carbocycles. The molecule has 2 amide bonds. The first-order valence-corrected chi connectivity index (χ1v) is 12.7. The SMILES string of the molecule is N#CCCCCn1c2ccccc2c2c3c(c4c5ccccc5n(CCCCC#N)c4c21)C(=O)NC3=O. The number of aromatic nitrogens is 2. The molecule has 0 radical (unpaired) electrons. The van der Waals surface area contributed by atoms with Crippen molar-refractivity contribution in [1.29, 1.82) is 10.5 Å². The van der Waals surface area contributed by atoms with Crippen LogP contribution in [0.4, 0.5) is 0 Å². The Morgan fingerprint density at radius 2 is 1.08 bits per heavy atom. The van der Waals surface area contributed by atoms with E-state index in [1.807, 2.05) is 36.4 Å². The van der Waals surface area contributed by atoms with E-state index in [9.17, 15) is 9.59 Å². The van der Waals surface area contributed by atoms with Crippen LogP contribution in [0.15, 0.2) is 48.5 Å². The van der Waals surface area contributed by atoms with Gasteiger partial charge < -0.3 is 9.13 Å². The lowest BCUT2D eigenvalue weighted by atomic mass is 9.96. The van der Waals surface area contributed by atoms with Crippen LogP contribution < -0.4 is 5.32 Å². The Morgan fingerprint density at radius 3 is 1.51 bits per heavy atom. The second-order valence-electron chi connectivity index (χ2n) is 9.55. The Hall–Kier alpha value is -4.62. The van der Waals surface area contributed by atoms with Gasteiger partial charge in [0.05, 0.1) is 34.3 Å². The highest BCUT2D eigenvalue weighted by molar-refractivity contribution is 6.39. The molecule has 1 aliphatic heterocycles. The number of imide groups is 1. The number of para-hydroxylation sites is 2. The van der Waals surface area contributed by atoms with Gasteiger partial charge in [0.2, 0.25) is 0 Å². The van der Waals surface area contributed by atoms with Gasteiger partial charge in [0.1, 0.15) is 0 Å². The van der Waals surface area contributed by atoms with E-state index in [4.69, 9.17) is 10.5 Å². The van der Waals surface area contributed by atoms with Crippen LogP contribution >= 0.6 is 0 Å². The fourth-order valence-corrected chi connectivity index (χ4v) is 5.95. The zero-order chi connectivity index (χ0) is 25.5. The van der Waals surface area contributed by atoms with Gasteiger partial charge >= 0.3 is 0 Å². The smallest absolute Gasteiger partial charge is 0.259 e. The molecule has 0 saturated carbocycles. The summed E-state index contributed by atoms with van der Waals surface area (Å²) < 4.78 is 4.54. The van der Waals surface area contributed by atoms with E-state index in [0.29, 0.717) is 37.1 Å². The molecule has 0 spiro atoms. The van der Waals surface area contributed by atoms with Gasteiger partial charge in [-0.25, -0.2) is 0 Å². The molecule has 182 valence electrons. The monoisotopic (exact) mass is 487 g/mol. The number of hydrogen-bond acceptors (Lipinski definition) is 4. The molecular weight excluding hydrogens is 462 g/mol. The van der Waals surface area contributed by atoms with E-state index >= 15 is 0 Å². The third-order valence-electron chi connectivity index (χ3n) is 7.44. The van der Waals surface area contributed by atoms with E-state index in [0.717, 1.165) is 69.3 Å². The number of benzene rings is 3. The molecule has 0 bridgehead atoms. The van der Waals surface area contributed by atoms with E-state index in [-0.39, 0.29) is 11.8 Å². The third-order valence-corrected chi connectivity index (χ3v) is 7.44. The molecule has 3 heterocycles. The number of rotatable bonds is 8. The van der Waals surface area contributed by atoms with Crippen molar-refractivity contribution in [2.45, 2.75) is 51.6 Å². The van der Waals surface area contributed by atoms with Crippen molar-refractivity contribution in [3.8, 4) is 12.1 Å².